The Morgan fingerprint density at radius 2 is 1.00 bits per heavy atom. The van der Waals surface area contributed by atoms with Gasteiger partial charge in [-0.1, -0.05) is 24.3 Å². The highest BCUT2D eigenvalue weighted by molar-refractivity contribution is 6.05. The third-order valence-corrected chi connectivity index (χ3v) is 8.08. The molecule has 0 spiro atoms. The summed E-state index contributed by atoms with van der Waals surface area (Å²) in [6, 6.07) is 31.2. The molecule has 41 heavy (non-hydrogen) atoms. The fourth-order valence-corrected chi connectivity index (χ4v) is 5.40. The molecule has 1 aliphatic heterocycles. The number of piperidine rings is 1. The van der Waals surface area contributed by atoms with Crippen LogP contribution in [0.4, 0.5) is 22.7 Å². The van der Waals surface area contributed by atoms with Crippen molar-refractivity contribution >= 4 is 34.6 Å². The van der Waals surface area contributed by atoms with Crippen molar-refractivity contribution in [2.45, 2.75) is 19.3 Å². The van der Waals surface area contributed by atoms with E-state index in [1.54, 1.807) is 0 Å². The number of anilines is 2. The Balaban J connectivity index is 1.18. The Morgan fingerprint density at radius 3 is 1.41 bits per heavy atom. The molecule has 0 aliphatic carbocycles. The predicted octanol–water partition coefficient (Wildman–Crippen LogP) is 7.18. The van der Waals surface area contributed by atoms with Gasteiger partial charge in [0, 0.05) is 46.8 Å². The van der Waals surface area contributed by atoms with Gasteiger partial charge < -0.3 is 10.6 Å². The van der Waals surface area contributed by atoms with Gasteiger partial charge in [0.1, 0.15) is 11.4 Å². The van der Waals surface area contributed by atoms with Gasteiger partial charge in [-0.2, -0.15) is 0 Å². The zero-order valence-electron chi connectivity index (χ0n) is 24.5. The molecule has 4 aromatic rings. The summed E-state index contributed by atoms with van der Waals surface area (Å²) in [4.78, 5) is 25.7. The van der Waals surface area contributed by atoms with E-state index in [4.69, 9.17) is 0 Å². The predicted molar refractivity (Wildman–Crippen MR) is 172 cm³/mol. The van der Waals surface area contributed by atoms with Crippen molar-refractivity contribution in [3.63, 3.8) is 0 Å². The fourth-order valence-electron chi connectivity index (χ4n) is 5.40. The Bertz CT molecular complexity index is 1500. The molecule has 0 aromatic heterocycles. The molecule has 210 valence electrons. The number of nitrogens with one attached hydrogen (secondary N) is 2. The Morgan fingerprint density at radius 1 is 0.585 bits per heavy atom. The van der Waals surface area contributed by atoms with Crippen molar-refractivity contribution in [1.82, 2.24) is 8.97 Å². The Kier molecular flexibility index (Phi) is 8.06. The quantitative estimate of drug-likeness (QED) is 0.241. The lowest BCUT2D eigenvalue weighted by molar-refractivity contribution is 0.101. The highest BCUT2D eigenvalue weighted by atomic mass is 16.2. The summed E-state index contributed by atoms with van der Waals surface area (Å²) in [6.45, 7) is 2.33. The minimum absolute atomic E-state index is 0.135. The van der Waals surface area contributed by atoms with Gasteiger partial charge >= 0.3 is 0 Å². The van der Waals surface area contributed by atoms with Crippen molar-refractivity contribution < 1.29 is 9.59 Å². The number of likely N-dealkylation sites (tertiary alicyclic amines) is 1. The van der Waals surface area contributed by atoms with Crippen LogP contribution < -0.4 is 19.6 Å². The number of rotatable bonds is 7. The lowest BCUT2D eigenvalue weighted by Crippen LogP contribution is -2.48. The van der Waals surface area contributed by atoms with Crippen molar-refractivity contribution in [1.29, 1.82) is 0 Å². The average molecular weight is 549 g/mol. The second kappa shape index (κ2) is 11.7. The molecular formula is C35H40N4O2+2. The molecule has 0 unspecified atom stereocenters. The van der Waals surface area contributed by atoms with E-state index in [1.807, 2.05) is 84.9 Å². The monoisotopic (exact) mass is 548 g/mol. The van der Waals surface area contributed by atoms with E-state index >= 15 is 0 Å². The number of carbonyl (C=O) groups excluding carboxylic acids is 2. The summed E-state index contributed by atoms with van der Waals surface area (Å²) < 4.78 is 1.68. The normalized spacial score (nSPS) is 14.7. The molecular weight excluding hydrogens is 508 g/mol. The minimum Gasteiger partial charge on any atom is -0.322 e. The molecule has 6 nitrogen and oxygen atoms in total. The minimum atomic E-state index is -0.151. The molecule has 5 rings (SSSR count). The zero-order chi connectivity index (χ0) is 29.0. The summed E-state index contributed by atoms with van der Waals surface area (Å²) in [6.07, 6.45) is 3.84. The van der Waals surface area contributed by atoms with Crippen LogP contribution in [-0.4, -0.2) is 53.1 Å². The van der Waals surface area contributed by atoms with Gasteiger partial charge in [-0.05, 0) is 78.9 Å². The highest BCUT2D eigenvalue weighted by Gasteiger charge is 2.27. The van der Waals surface area contributed by atoms with Crippen LogP contribution in [0.5, 0.6) is 0 Å². The van der Waals surface area contributed by atoms with Crippen LogP contribution in [0.15, 0.2) is 97.1 Å². The van der Waals surface area contributed by atoms with Crippen molar-refractivity contribution in [2.24, 2.45) is 0 Å². The highest BCUT2D eigenvalue weighted by Crippen LogP contribution is 2.28. The Hall–Kier alpha value is -4.26. The molecule has 4 aromatic carbocycles. The average Bonchev–Trinajstić information content (AvgIpc) is 2.98. The van der Waals surface area contributed by atoms with Gasteiger partial charge in [0.05, 0.1) is 41.3 Å². The standard InChI is InChI=1S/C35H38N4O2/c1-38(2,3)32-20-16-30(17-21-32)36-34(40)28-12-8-26(9-13-28)27-10-14-29(15-11-27)35(41)37-31-18-22-33(23-19-31)39(4)24-6-5-7-25-39/h8-23H,5-7,24-25H2,1-4H3/p+2. The number of carbonyl (C=O) groups is 2. The maximum Gasteiger partial charge on any atom is 0.255 e. The number of hydrogen-bond donors (Lipinski definition) is 2. The molecule has 1 saturated heterocycles. The summed E-state index contributed by atoms with van der Waals surface area (Å²) >= 11 is 0. The van der Waals surface area contributed by atoms with Crippen LogP contribution in [-0.2, 0) is 0 Å². The smallest absolute Gasteiger partial charge is 0.255 e. The largest absolute Gasteiger partial charge is 0.322 e. The summed E-state index contributed by atoms with van der Waals surface area (Å²) in [5.41, 5.74) is 7.15. The third-order valence-electron chi connectivity index (χ3n) is 8.08. The number of amides is 2. The van der Waals surface area contributed by atoms with E-state index in [0.29, 0.717) is 15.6 Å². The number of hydrogen-bond acceptors (Lipinski definition) is 2. The zero-order valence-corrected chi connectivity index (χ0v) is 24.5. The molecule has 1 heterocycles. The lowest BCUT2D eigenvalue weighted by Gasteiger charge is -2.37. The van der Waals surface area contributed by atoms with E-state index in [1.165, 1.54) is 38.0 Å². The number of nitrogens with zero attached hydrogens (tertiary/aromatic N) is 2. The summed E-state index contributed by atoms with van der Waals surface area (Å²) in [7, 11) is 8.61. The van der Waals surface area contributed by atoms with E-state index in [-0.39, 0.29) is 11.8 Å². The number of quaternary nitrogens is 2. The van der Waals surface area contributed by atoms with Gasteiger partial charge in [-0.25, -0.2) is 0 Å². The summed E-state index contributed by atoms with van der Waals surface area (Å²) in [5.74, 6) is -0.287. The van der Waals surface area contributed by atoms with Gasteiger partial charge in [0.15, 0.2) is 0 Å². The van der Waals surface area contributed by atoms with Crippen LogP contribution in [0, 0.1) is 0 Å². The molecule has 0 saturated carbocycles. The van der Waals surface area contributed by atoms with Crippen LogP contribution >= 0.6 is 0 Å². The van der Waals surface area contributed by atoms with Crippen molar-refractivity contribution in [3.05, 3.63) is 108 Å². The molecule has 0 radical (unpaired) electrons. The van der Waals surface area contributed by atoms with Gasteiger partial charge in [0.25, 0.3) is 11.8 Å². The van der Waals surface area contributed by atoms with E-state index in [9.17, 15) is 9.59 Å². The van der Waals surface area contributed by atoms with Crippen LogP contribution in [0.25, 0.3) is 11.1 Å². The van der Waals surface area contributed by atoms with Crippen LogP contribution in [0.3, 0.4) is 0 Å². The van der Waals surface area contributed by atoms with Crippen molar-refractivity contribution in [2.75, 3.05) is 51.9 Å². The maximum absolute atomic E-state index is 12.9. The van der Waals surface area contributed by atoms with E-state index in [2.05, 4.69) is 51.0 Å². The van der Waals surface area contributed by atoms with E-state index < -0.39 is 0 Å². The van der Waals surface area contributed by atoms with E-state index in [0.717, 1.165) is 32.7 Å². The topological polar surface area (TPSA) is 58.2 Å². The molecule has 0 bridgehead atoms. The Labute approximate surface area is 243 Å². The van der Waals surface area contributed by atoms with Gasteiger partial charge in [0.2, 0.25) is 0 Å². The molecule has 1 aliphatic rings. The van der Waals surface area contributed by atoms with Gasteiger partial charge in [-0.3, -0.25) is 18.6 Å². The molecule has 1 fully saturated rings. The van der Waals surface area contributed by atoms with Crippen LogP contribution in [0.1, 0.15) is 40.0 Å². The summed E-state index contributed by atoms with van der Waals surface area (Å²) in [5, 5.41) is 5.99. The second-order valence-corrected chi connectivity index (χ2v) is 12.1. The molecule has 2 N–H and O–H groups in total. The first kappa shape index (κ1) is 28.3. The molecule has 0 atom stereocenters. The van der Waals surface area contributed by atoms with Gasteiger partial charge in [-0.15, -0.1) is 0 Å². The number of benzene rings is 4. The third kappa shape index (κ3) is 6.73. The fraction of sp³-hybridized carbons (Fsp3) is 0.257. The van der Waals surface area contributed by atoms with Crippen LogP contribution in [0.2, 0.25) is 0 Å². The SMILES string of the molecule is C[N+](C)(C)c1ccc(NC(=O)c2ccc(-c3ccc(C(=O)Nc4ccc([N+]5(C)CCCCC5)cc4)cc3)cc2)cc1. The maximum atomic E-state index is 12.9. The van der Waals surface area contributed by atoms with Crippen molar-refractivity contribution in [3.8, 4) is 11.1 Å². The second-order valence-electron chi connectivity index (χ2n) is 12.1. The first-order valence-electron chi connectivity index (χ1n) is 14.3. The molecule has 2 amide bonds. The lowest BCUT2D eigenvalue weighted by atomic mass is 10.0. The first-order chi connectivity index (χ1) is 19.6. The first-order valence-corrected chi connectivity index (χ1v) is 14.3. The molecule has 6 heteroatoms.